The summed E-state index contributed by atoms with van der Waals surface area (Å²) in [5, 5.41) is 4.93. The summed E-state index contributed by atoms with van der Waals surface area (Å²) in [5.74, 6) is -0.562. The predicted molar refractivity (Wildman–Crippen MR) is 139 cm³/mol. The first kappa shape index (κ1) is 25.8. The highest BCUT2D eigenvalue weighted by Gasteiger charge is 2.21. The molecule has 3 aromatic rings. The third-order valence-corrected chi connectivity index (χ3v) is 7.17. The number of halogens is 2. The van der Waals surface area contributed by atoms with Crippen LogP contribution in [0.4, 0.5) is 5.69 Å². The molecule has 2 aromatic carbocycles. The number of anilines is 1. The summed E-state index contributed by atoms with van der Waals surface area (Å²) >= 11 is 12.5. The van der Waals surface area contributed by atoms with Gasteiger partial charge in [-0.05, 0) is 69.2 Å². The Morgan fingerprint density at radius 2 is 1.74 bits per heavy atom. The van der Waals surface area contributed by atoms with E-state index in [-0.39, 0.29) is 0 Å². The molecule has 0 saturated heterocycles. The number of rotatable bonds is 7. The van der Waals surface area contributed by atoms with Crippen LogP contribution in [0.25, 0.3) is 5.69 Å². The van der Waals surface area contributed by atoms with E-state index in [2.05, 4.69) is 10.5 Å². The van der Waals surface area contributed by atoms with E-state index in [4.69, 9.17) is 23.2 Å². The zero-order valence-corrected chi connectivity index (χ0v) is 21.9. The molecule has 7 nitrogen and oxygen atoms in total. The summed E-state index contributed by atoms with van der Waals surface area (Å²) in [6, 6.07) is 12.7. The van der Waals surface area contributed by atoms with Crippen molar-refractivity contribution in [1.82, 2.24) is 9.99 Å². The van der Waals surface area contributed by atoms with Crippen molar-refractivity contribution in [2.45, 2.75) is 27.7 Å². The molecule has 180 valence electrons. The number of nitrogens with one attached hydrogen (secondary N) is 1. The Balaban J connectivity index is 1.79. The molecule has 0 saturated carbocycles. The van der Waals surface area contributed by atoms with Crippen molar-refractivity contribution in [3.8, 4) is 5.69 Å². The van der Waals surface area contributed by atoms with Gasteiger partial charge in [-0.3, -0.25) is 9.10 Å². The van der Waals surface area contributed by atoms with E-state index in [1.165, 1.54) is 6.21 Å². The van der Waals surface area contributed by atoms with Crippen LogP contribution in [0.15, 0.2) is 47.6 Å². The maximum Gasteiger partial charge on any atom is 0.260 e. The normalized spacial score (nSPS) is 11.7. The van der Waals surface area contributed by atoms with Gasteiger partial charge in [-0.2, -0.15) is 5.10 Å². The Morgan fingerprint density at radius 3 is 2.35 bits per heavy atom. The van der Waals surface area contributed by atoms with E-state index in [0.29, 0.717) is 15.7 Å². The molecule has 0 aliphatic heterocycles. The molecule has 0 aliphatic rings. The Labute approximate surface area is 210 Å². The van der Waals surface area contributed by atoms with Crippen molar-refractivity contribution in [3.63, 3.8) is 0 Å². The van der Waals surface area contributed by atoms with Gasteiger partial charge in [-0.15, -0.1) is 0 Å². The van der Waals surface area contributed by atoms with Gasteiger partial charge in [0, 0.05) is 17.0 Å². The van der Waals surface area contributed by atoms with Gasteiger partial charge in [-0.1, -0.05) is 35.3 Å². The number of aryl methyl sites for hydroxylation is 3. The number of aromatic nitrogens is 1. The highest BCUT2D eigenvalue weighted by molar-refractivity contribution is 7.92. The van der Waals surface area contributed by atoms with E-state index < -0.39 is 22.5 Å². The smallest absolute Gasteiger partial charge is 0.260 e. The second kappa shape index (κ2) is 10.2. The van der Waals surface area contributed by atoms with Crippen LogP contribution in [-0.2, 0) is 14.8 Å². The average molecular weight is 521 g/mol. The summed E-state index contributed by atoms with van der Waals surface area (Å²) in [6.45, 7) is 7.17. The van der Waals surface area contributed by atoms with Gasteiger partial charge in [0.25, 0.3) is 5.91 Å². The average Bonchev–Trinajstić information content (AvgIpc) is 3.00. The van der Waals surface area contributed by atoms with Crippen molar-refractivity contribution in [3.05, 3.63) is 80.6 Å². The van der Waals surface area contributed by atoms with Gasteiger partial charge in [0.2, 0.25) is 10.0 Å². The summed E-state index contributed by atoms with van der Waals surface area (Å²) in [4.78, 5) is 12.5. The lowest BCUT2D eigenvalue weighted by molar-refractivity contribution is -0.119. The number of benzene rings is 2. The van der Waals surface area contributed by atoms with E-state index in [9.17, 15) is 13.2 Å². The summed E-state index contributed by atoms with van der Waals surface area (Å²) < 4.78 is 27.7. The Morgan fingerprint density at radius 1 is 1.09 bits per heavy atom. The molecule has 3 rings (SSSR count). The van der Waals surface area contributed by atoms with E-state index >= 15 is 0 Å². The fourth-order valence-corrected chi connectivity index (χ4v) is 5.01. The third-order valence-electron chi connectivity index (χ3n) is 5.22. The molecule has 1 aromatic heterocycles. The molecular formula is C24H26Cl2N4O3S. The molecule has 0 atom stereocenters. The van der Waals surface area contributed by atoms with E-state index in [1.54, 1.807) is 18.2 Å². The topological polar surface area (TPSA) is 83.8 Å². The van der Waals surface area contributed by atoms with Crippen molar-refractivity contribution in [1.29, 1.82) is 0 Å². The zero-order chi connectivity index (χ0) is 25.2. The van der Waals surface area contributed by atoms with Crippen LogP contribution in [0.3, 0.4) is 0 Å². The molecule has 1 heterocycles. The van der Waals surface area contributed by atoms with E-state index in [1.807, 2.05) is 56.5 Å². The van der Waals surface area contributed by atoms with Crippen molar-refractivity contribution >= 4 is 51.0 Å². The number of hydrazone groups is 1. The first-order valence-electron chi connectivity index (χ1n) is 10.4. The highest BCUT2D eigenvalue weighted by atomic mass is 35.5. The molecule has 0 fully saturated rings. The molecular weight excluding hydrogens is 495 g/mol. The number of hydrogen-bond donors (Lipinski definition) is 1. The van der Waals surface area contributed by atoms with Gasteiger partial charge in [0.05, 0.1) is 33.9 Å². The van der Waals surface area contributed by atoms with E-state index in [0.717, 1.165) is 44.3 Å². The first-order chi connectivity index (χ1) is 15.9. The van der Waals surface area contributed by atoms with Crippen molar-refractivity contribution in [2.24, 2.45) is 5.10 Å². The summed E-state index contributed by atoms with van der Waals surface area (Å²) in [6.07, 6.45) is 2.58. The van der Waals surface area contributed by atoms with Crippen molar-refractivity contribution in [2.75, 3.05) is 17.1 Å². The van der Waals surface area contributed by atoms with Gasteiger partial charge in [0.15, 0.2) is 0 Å². The molecule has 10 heteroatoms. The van der Waals surface area contributed by atoms with Crippen LogP contribution < -0.4 is 9.73 Å². The number of carbonyl (C=O) groups excluding carboxylic acids is 1. The largest absolute Gasteiger partial charge is 0.316 e. The quantitative estimate of drug-likeness (QED) is 0.353. The molecule has 0 bridgehead atoms. The lowest BCUT2D eigenvalue weighted by Gasteiger charge is -2.22. The Kier molecular flexibility index (Phi) is 7.75. The molecule has 1 amide bonds. The Hall–Kier alpha value is -2.81. The minimum atomic E-state index is -3.68. The maximum atomic E-state index is 12.5. The molecule has 0 spiro atoms. The Bertz CT molecular complexity index is 1360. The second-order valence-corrected chi connectivity index (χ2v) is 10.8. The van der Waals surface area contributed by atoms with Crippen LogP contribution >= 0.6 is 23.2 Å². The number of hydrogen-bond acceptors (Lipinski definition) is 4. The van der Waals surface area contributed by atoms with Gasteiger partial charge < -0.3 is 4.57 Å². The lowest BCUT2D eigenvalue weighted by atomic mass is 10.1. The fraction of sp³-hybridized carbons (Fsp3) is 0.250. The van der Waals surface area contributed by atoms with Crippen LogP contribution in [-0.4, -0.2) is 37.9 Å². The summed E-state index contributed by atoms with van der Waals surface area (Å²) in [7, 11) is -3.68. The second-order valence-electron chi connectivity index (χ2n) is 8.14. The third kappa shape index (κ3) is 5.81. The number of amides is 1. The molecule has 1 N–H and O–H groups in total. The SMILES string of the molecule is Cc1cc(C)cc(N(CC(=O)N/N=C\c2cc(C)n(-c3cccc(Cl)c3Cl)c2C)S(C)(=O)=O)c1. The molecule has 0 unspecified atom stereocenters. The van der Waals surface area contributed by atoms with Crippen LogP contribution in [0.2, 0.25) is 10.0 Å². The molecule has 0 aliphatic carbocycles. The monoisotopic (exact) mass is 520 g/mol. The minimum Gasteiger partial charge on any atom is -0.316 e. The van der Waals surface area contributed by atoms with Gasteiger partial charge in [-0.25, -0.2) is 13.8 Å². The first-order valence-corrected chi connectivity index (χ1v) is 13.0. The minimum absolute atomic E-state index is 0.393. The standard InChI is InChI=1S/C24H26Cl2N4O3S/c1-15-9-16(2)11-20(10-15)29(34(5,32)33)14-23(31)28-27-13-19-12-17(3)30(18(19)4)22-8-6-7-21(25)24(22)26/h6-13H,14H2,1-5H3,(H,28,31)/b27-13-. The zero-order valence-electron chi connectivity index (χ0n) is 19.6. The number of sulfonamides is 1. The molecule has 0 radical (unpaired) electrons. The maximum absolute atomic E-state index is 12.5. The van der Waals surface area contributed by atoms with Crippen LogP contribution in [0.5, 0.6) is 0 Å². The molecule has 34 heavy (non-hydrogen) atoms. The predicted octanol–water partition coefficient (Wildman–Crippen LogP) is 4.93. The fourth-order valence-electron chi connectivity index (χ4n) is 3.79. The van der Waals surface area contributed by atoms with Gasteiger partial charge >= 0.3 is 0 Å². The lowest BCUT2D eigenvalue weighted by Crippen LogP contribution is -2.39. The summed E-state index contributed by atoms with van der Waals surface area (Å²) in [5.41, 5.74) is 7.92. The van der Waals surface area contributed by atoms with Crippen LogP contribution in [0.1, 0.15) is 28.1 Å². The number of carbonyl (C=O) groups is 1. The number of nitrogens with zero attached hydrogens (tertiary/aromatic N) is 3. The highest BCUT2D eigenvalue weighted by Crippen LogP contribution is 2.31. The van der Waals surface area contributed by atoms with Crippen LogP contribution in [0, 0.1) is 27.7 Å². The van der Waals surface area contributed by atoms with Gasteiger partial charge in [0.1, 0.15) is 6.54 Å². The van der Waals surface area contributed by atoms with Crippen molar-refractivity contribution < 1.29 is 13.2 Å².